The van der Waals surface area contributed by atoms with Crippen molar-refractivity contribution in [1.82, 2.24) is 0 Å². The number of rotatable bonds is 1. The molecule has 0 aromatic heterocycles. The van der Waals surface area contributed by atoms with Crippen LogP contribution in [-0.2, 0) is 4.79 Å². The van der Waals surface area contributed by atoms with Crippen LogP contribution in [0, 0.1) is 11.6 Å². The van der Waals surface area contributed by atoms with Crippen LogP contribution in [-0.4, -0.2) is 12.3 Å². The van der Waals surface area contributed by atoms with Gasteiger partial charge in [0.05, 0.1) is 0 Å². The summed E-state index contributed by atoms with van der Waals surface area (Å²) in [4.78, 5) is 12.3. The quantitative estimate of drug-likeness (QED) is 0.740. The van der Waals surface area contributed by atoms with Gasteiger partial charge in [-0.15, -0.1) is 0 Å². The van der Waals surface area contributed by atoms with E-state index in [4.69, 9.17) is 5.73 Å². The van der Waals surface area contributed by atoms with Crippen LogP contribution in [0.5, 0.6) is 0 Å². The standard InChI is InChI=1S/C11H10F2N2O/c12-9-5-7(14)6-10(13)11(9)15-3-1-8(16)2-4-15/h1,3,5-6H,2,4,14H2. The monoisotopic (exact) mass is 224 g/mol. The molecule has 84 valence electrons. The Morgan fingerprint density at radius 1 is 1.25 bits per heavy atom. The molecule has 0 spiro atoms. The van der Waals surface area contributed by atoms with Crippen molar-refractivity contribution < 1.29 is 13.6 Å². The fraction of sp³-hybridized carbons (Fsp3) is 0.182. The molecule has 2 N–H and O–H groups in total. The average molecular weight is 224 g/mol. The first kappa shape index (κ1) is 10.6. The molecule has 1 aromatic carbocycles. The van der Waals surface area contributed by atoms with Gasteiger partial charge < -0.3 is 10.6 Å². The second-order valence-corrected chi connectivity index (χ2v) is 3.56. The van der Waals surface area contributed by atoms with Crippen molar-refractivity contribution in [2.24, 2.45) is 0 Å². The minimum atomic E-state index is -0.725. The second-order valence-electron chi connectivity index (χ2n) is 3.56. The number of anilines is 2. The first-order valence-electron chi connectivity index (χ1n) is 4.80. The molecule has 0 bridgehead atoms. The molecular weight excluding hydrogens is 214 g/mol. The van der Waals surface area contributed by atoms with Crippen LogP contribution in [0.4, 0.5) is 20.2 Å². The van der Waals surface area contributed by atoms with Gasteiger partial charge in [-0.1, -0.05) is 0 Å². The lowest BCUT2D eigenvalue weighted by Crippen LogP contribution is -2.25. The Hall–Kier alpha value is -1.91. The highest BCUT2D eigenvalue weighted by atomic mass is 19.1. The van der Waals surface area contributed by atoms with Crippen LogP contribution in [0.1, 0.15) is 6.42 Å². The lowest BCUT2D eigenvalue weighted by molar-refractivity contribution is -0.114. The van der Waals surface area contributed by atoms with Crippen LogP contribution < -0.4 is 10.6 Å². The summed E-state index contributed by atoms with van der Waals surface area (Å²) in [7, 11) is 0. The number of nitrogen functional groups attached to an aromatic ring is 1. The number of nitrogens with two attached hydrogens (primary N) is 1. The van der Waals surface area contributed by atoms with Crippen LogP contribution in [0.15, 0.2) is 24.4 Å². The van der Waals surface area contributed by atoms with Crippen molar-refractivity contribution in [3.8, 4) is 0 Å². The topological polar surface area (TPSA) is 46.3 Å². The first-order valence-corrected chi connectivity index (χ1v) is 4.80. The Bertz CT molecular complexity index is 448. The molecule has 0 radical (unpaired) electrons. The molecule has 1 heterocycles. The van der Waals surface area contributed by atoms with Gasteiger partial charge in [0, 0.05) is 24.9 Å². The summed E-state index contributed by atoms with van der Waals surface area (Å²) in [6, 6.07) is 2.12. The summed E-state index contributed by atoms with van der Waals surface area (Å²) < 4.78 is 27.0. The first-order chi connectivity index (χ1) is 7.58. The molecule has 0 saturated carbocycles. The molecule has 1 aliphatic rings. The van der Waals surface area contributed by atoms with Crippen molar-refractivity contribution in [2.45, 2.75) is 6.42 Å². The Labute approximate surface area is 91.2 Å². The van der Waals surface area contributed by atoms with E-state index in [0.29, 0.717) is 0 Å². The Kier molecular flexibility index (Phi) is 2.60. The molecule has 16 heavy (non-hydrogen) atoms. The van der Waals surface area contributed by atoms with E-state index in [0.717, 1.165) is 12.1 Å². The fourth-order valence-corrected chi connectivity index (χ4v) is 1.61. The van der Waals surface area contributed by atoms with Gasteiger partial charge >= 0.3 is 0 Å². The van der Waals surface area contributed by atoms with Crippen LogP contribution in [0.25, 0.3) is 0 Å². The molecule has 0 saturated heterocycles. The molecule has 0 atom stereocenters. The number of hydrogen-bond donors (Lipinski definition) is 1. The molecule has 0 fully saturated rings. The normalized spacial score (nSPS) is 15.6. The van der Waals surface area contributed by atoms with Crippen LogP contribution in [0.2, 0.25) is 0 Å². The number of carbonyl (C=O) groups is 1. The van der Waals surface area contributed by atoms with E-state index in [9.17, 15) is 13.6 Å². The summed E-state index contributed by atoms with van der Waals surface area (Å²) in [5, 5.41) is 0. The highest BCUT2D eigenvalue weighted by molar-refractivity contribution is 5.91. The molecule has 1 aliphatic heterocycles. The number of nitrogens with zero attached hydrogens (tertiary/aromatic N) is 1. The summed E-state index contributed by atoms with van der Waals surface area (Å²) in [5.74, 6) is -1.50. The molecule has 0 aliphatic carbocycles. The second kappa shape index (κ2) is 3.92. The third-order valence-electron chi connectivity index (χ3n) is 2.37. The van der Waals surface area contributed by atoms with E-state index in [1.54, 1.807) is 0 Å². The third-order valence-corrected chi connectivity index (χ3v) is 2.37. The lowest BCUT2D eigenvalue weighted by Gasteiger charge is -2.23. The van der Waals surface area contributed by atoms with Gasteiger partial charge in [-0.3, -0.25) is 4.79 Å². The molecule has 2 rings (SSSR count). The maximum absolute atomic E-state index is 13.5. The molecule has 0 amide bonds. The van der Waals surface area contributed by atoms with Crippen molar-refractivity contribution in [2.75, 3.05) is 17.2 Å². The molecule has 5 heteroatoms. The van der Waals surface area contributed by atoms with E-state index in [-0.39, 0.29) is 30.1 Å². The van der Waals surface area contributed by atoms with E-state index in [1.807, 2.05) is 0 Å². The zero-order valence-electron chi connectivity index (χ0n) is 8.41. The zero-order chi connectivity index (χ0) is 11.7. The van der Waals surface area contributed by atoms with Crippen molar-refractivity contribution in [1.29, 1.82) is 0 Å². The maximum atomic E-state index is 13.5. The minimum Gasteiger partial charge on any atom is -0.399 e. The fourth-order valence-electron chi connectivity index (χ4n) is 1.61. The van der Waals surface area contributed by atoms with Crippen molar-refractivity contribution in [3.05, 3.63) is 36.0 Å². The predicted molar refractivity (Wildman–Crippen MR) is 56.9 cm³/mol. The average Bonchev–Trinajstić information content (AvgIpc) is 2.19. The highest BCUT2D eigenvalue weighted by Crippen LogP contribution is 2.27. The summed E-state index contributed by atoms with van der Waals surface area (Å²) in [6.07, 6.45) is 2.93. The van der Waals surface area contributed by atoms with Crippen LogP contribution >= 0.6 is 0 Å². The Morgan fingerprint density at radius 2 is 1.88 bits per heavy atom. The summed E-state index contributed by atoms with van der Waals surface area (Å²) in [5.41, 5.74) is 5.18. The van der Waals surface area contributed by atoms with Gasteiger partial charge in [-0.05, 0) is 18.2 Å². The highest BCUT2D eigenvalue weighted by Gasteiger charge is 2.19. The van der Waals surface area contributed by atoms with Gasteiger partial charge in [-0.2, -0.15) is 0 Å². The summed E-state index contributed by atoms with van der Waals surface area (Å²) >= 11 is 0. The molecule has 0 unspecified atom stereocenters. The molecular formula is C11H10F2N2O. The predicted octanol–water partition coefficient (Wildman–Crippen LogP) is 1.84. The smallest absolute Gasteiger partial charge is 0.158 e. The minimum absolute atomic E-state index is 0.0378. The van der Waals surface area contributed by atoms with Gasteiger partial charge in [0.2, 0.25) is 0 Å². The Morgan fingerprint density at radius 3 is 2.38 bits per heavy atom. The summed E-state index contributed by atoms with van der Waals surface area (Å²) in [6.45, 7) is 0.271. The van der Waals surface area contributed by atoms with E-state index < -0.39 is 11.6 Å². The largest absolute Gasteiger partial charge is 0.399 e. The number of hydrogen-bond acceptors (Lipinski definition) is 3. The van der Waals surface area contributed by atoms with E-state index >= 15 is 0 Å². The number of allylic oxidation sites excluding steroid dienone is 1. The number of ketones is 1. The Balaban J connectivity index is 2.41. The van der Waals surface area contributed by atoms with E-state index in [2.05, 4.69) is 0 Å². The lowest BCUT2D eigenvalue weighted by atomic mass is 10.1. The molecule has 3 nitrogen and oxygen atoms in total. The zero-order valence-corrected chi connectivity index (χ0v) is 8.41. The van der Waals surface area contributed by atoms with Crippen LogP contribution in [0.3, 0.4) is 0 Å². The SMILES string of the molecule is Nc1cc(F)c(N2C=CC(=O)CC2)c(F)c1. The maximum Gasteiger partial charge on any atom is 0.158 e. The number of benzene rings is 1. The third kappa shape index (κ3) is 1.88. The van der Waals surface area contributed by atoms with Crippen molar-refractivity contribution in [3.63, 3.8) is 0 Å². The van der Waals surface area contributed by atoms with Crippen molar-refractivity contribution >= 4 is 17.2 Å². The van der Waals surface area contributed by atoms with Gasteiger partial charge in [0.1, 0.15) is 5.69 Å². The number of halogens is 2. The van der Waals surface area contributed by atoms with E-state index in [1.165, 1.54) is 17.2 Å². The van der Waals surface area contributed by atoms with Gasteiger partial charge in [0.25, 0.3) is 0 Å². The van der Waals surface area contributed by atoms with Gasteiger partial charge in [0.15, 0.2) is 17.4 Å². The molecule has 1 aromatic rings. The van der Waals surface area contributed by atoms with Gasteiger partial charge in [-0.25, -0.2) is 8.78 Å². The number of carbonyl (C=O) groups excluding carboxylic acids is 1.